The summed E-state index contributed by atoms with van der Waals surface area (Å²) in [7, 11) is 0. The Kier molecular flexibility index (Phi) is 3.88. The highest BCUT2D eigenvalue weighted by Gasteiger charge is 2.21. The Morgan fingerprint density at radius 1 is 1.41 bits per heavy atom. The highest BCUT2D eigenvalue weighted by atomic mass is 16.6. The normalized spacial score (nSPS) is 20.6. The fourth-order valence-electron chi connectivity index (χ4n) is 1.64. The topological polar surface area (TPSA) is 82.3 Å². The number of hydrogen-bond donors (Lipinski definition) is 2. The van der Waals surface area contributed by atoms with Gasteiger partial charge in [0.15, 0.2) is 5.82 Å². The van der Waals surface area contributed by atoms with Crippen molar-refractivity contribution in [1.82, 2.24) is 9.97 Å². The third kappa shape index (κ3) is 2.91. The number of ether oxygens (including phenoxy) is 2. The Morgan fingerprint density at radius 3 is 2.82 bits per heavy atom. The molecule has 0 aromatic carbocycles. The number of aromatic nitrogens is 2. The number of anilines is 1. The van der Waals surface area contributed by atoms with Crippen LogP contribution in [0.5, 0.6) is 0 Å². The van der Waals surface area contributed by atoms with Gasteiger partial charge >= 0.3 is 0 Å². The summed E-state index contributed by atoms with van der Waals surface area (Å²) in [4.78, 5) is 8.80. The second-order valence-electron chi connectivity index (χ2n) is 4.27. The third-order valence-corrected chi connectivity index (χ3v) is 2.61. The molecule has 1 aliphatic heterocycles. The molecule has 0 spiro atoms. The molecule has 1 fully saturated rings. The highest BCUT2D eigenvalue weighted by Crippen LogP contribution is 2.22. The molecular weight excluding hydrogens is 220 g/mol. The van der Waals surface area contributed by atoms with Crippen molar-refractivity contribution in [2.24, 2.45) is 5.84 Å². The van der Waals surface area contributed by atoms with Gasteiger partial charge in [0.1, 0.15) is 11.9 Å². The lowest BCUT2D eigenvalue weighted by molar-refractivity contribution is -0.0935. The molecule has 6 heteroatoms. The Labute approximate surface area is 101 Å². The first-order valence-corrected chi connectivity index (χ1v) is 5.75. The number of hydrogen-bond acceptors (Lipinski definition) is 6. The van der Waals surface area contributed by atoms with Crippen LogP contribution in [0.2, 0.25) is 0 Å². The van der Waals surface area contributed by atoms with Crippen molar-refractivity contribution in [3.8, 4) is 0 Å². The fraction of sp³-hybridized carbons (Fsp3) is 0.636. The molecule has 94 valence electrons. The summed E-state index contributed by atoms with van der Waals surface area (Å²) in [6.45, 7) is 5.84. The van der Waals surface area contributed by atoms with Crippen molar-refractivity contribution in [1.29, 1.82) is 0 Å². The molecule has 3 N–H and O–H groups in total. The third-order valence-electron chi connectivity index (χ3n) is 2.61. The zero-order valence-corrected chi connectivity index (χ0v) is 10.1. The fourth-order valence-corrected chi connectivity index (χ4v) is 1.64. The Bertz CT molecular complexity index is 378. The van der Waals surface area contributed by atoms with Crippen molar-refractivity contribution in [3.63, 3.8) is 0 Å². The predicted molar refractivity (Wildman–Crippen MR) is 63.4 cm³/mol. The first kappa shape index (κ1) is 12.2. The number of nitrogens with zero attached hydrogens (tertiary/aromatic N) is 2. The lowest BCUT2D eigenvalue weighted by atomic mass is 10.1. The molecule has 0 bridgehead atoms. The zero-order chi connectivity index (χ0) is 12.3. The molecule has 2 heterocycles. The molecule has 1 aromatic heterocycles. The smallest absolute Gasteiger partial charge is 0.162 e. The second-order valence-corrected chi connectivity index (χ2v) is 4.27. The number of nitrogens with two attached hydrogens (primary N) is 1. The minimum Gasteiger partial charge on any atom is -0.376 e. The van der Waals surface area contributed by atoms with E-state index in [-0.39, 0.29) is 6.10 Å². The van der Waals surface area contributed by atoms with E-state index in [2.05, 4.69) is 29.2 Å². The molecule has 2 rings (SSSR count). The van der Waals surface area contributed by atoms with Gasteiger partial charge < -0.3 is 14.9 Å². The van der Waals surface area contributed by atoms with E-state index in [1.165, 1.54) is 0 Å². The summed E-state index contributed by atoms with van der Waals surface area (Å²) < 4.78 is 10.9. The average molecular weight is 238 g/mol. The van der Waals surface area contributed by atoms with Crippen LogP contribution in [0, 0.1) is 0 Å². The lowest BCUT2D eigenvalue weighted by Crippen LogP contribution is -2.24. The van der Waals surface area contributed by atoms with E-state index in [4.69, 9.17) is 15.3 Å². The van der Waals surface area contributed by atoms with Crippen molar-refractivity contribution >= 4 is 5.82 Å². The van der Waals surface area contributed by atoms with Crippen LogP contribution in [0.3, 0.4) is 0 Å². The van der Waals surface area contributed by atoms with Crippen LogP contribution in [0.25, 0.3) is 0 Å². The number of hydrazine groups is 1. The molecule has 0 saturated carbocycles. The Morgan fingerprint density at radius 2 is 2.24 bits per heavy atom. The standard InChI is InChI=1S/C11H18N4O2/c1-7(2)8-5-10(15-12)14-11(13-8)9-6-16-3-4-17-9/h5,7,9H,3-4,6,12H2,1-2H3,(H,13,14,15). The van der Waals surface area contributed by atoms with Gasteiger partial charge in [-0.2, -0.15) is 0 Å². The molecule has 0 amide bonds. The predicted octanol–water partition coefficient (Wildman–Crippen LogP) is 0.974. The van der Waals surface area contributed by atoms with Gasteiger partial charge in [-0.25, -0.2) is 15.8 Å². The zero-order valence-electron chi connectivity index (χ0n) is 10.1. The molecule has 1 atom stereocenters. The molecule has 1 saturated heterocycles. The minimum absolute atomic E-state index is 0.199. The van der Waals surface area contributed by atoms with Gasteiger partial charge in [0, 0.05) is 11.8 Å². The monoisotopic (exact) mass is 238 g/mol. The SMILES string of the molecule is CC(C)c1cc(NN)nc(C2COCCO2)n1. The van der Waals surface area contributed by atoms with Gasteiger partial charge in [-0.1, -0.05) is 13.8 Å². The van der Waals surface area contributed by atoms with Gasteiger partial charge in [0.25, 0.3) is 0 Å². The van der Waals surface area contributed by atoms with E-state index in [9.17, 15) is 0 Å². The van der Waals surface area contributed by atoms with Gasteiger partial charge in [0.05, 0.1) is 19.8 Å². The van der Waals surface area contributed by atoms with Crippen molar-refractivity contribution < 1.29 is 9.47 Å². The summed E-state index contributed by atoms with van der Waals surface area (Å²) >= 11 is 0. The first-order chi connectivity index (χ1) is 8.20. The first-order valence-electron chi connectivity index (χ1n) is 5.75. The van der Waals surface area contributed by atoms with Crippen LogP contribution in [0.4, 0.5) is 5.82 Å². The number of rotatable bonds is 3. The van der Waals surface area contributed by atoms with Crippen molar-refractivity contribution in [2.45, 2.75) is 25.9 Å². The maximum atomic E-state index is 5.58. The van der Waals surface area contributed by atoms with Gasteiger partial charge in [0.2, 0.25) is 0 Å². The largest absolute Gasteiger partial charge is 0.376 e. The number of nitrogens with one attached hydrogen (secondary N) is 1. The van der Waals surface area contributed by atoms with Crippen LogP contribution in [-0.2, 0) is 9.47 Å². The highest BCUT2D eigenvalue weighted by molar-refractivity contribution is 5.35. The molecular formula is C11H18N4O2. The van der Waals surface area contributed by atoms with Crippen LogP contribution < -0.4 is 11.3 Å². The summed E-state index contributed by atoms with van der Waals surface area (Å²) in [5.74, 6) is 6.95. The van der Waals surface area contributed by atoms with Gasteiger partial charge in [-0.15, -0.1) is 0 Å². The van der Waals surface area contributed by atoms with E-state index in [1.807, 2.05) is 6.07 Å². The Hall–Kier alpha value is -1.24. The van der Waals surface area contributed by atoms with Gasteiger partial charge in [-0.05, 0) is 5.92 Å². The molecule has 0 radical (unpaired) electrons. The quantitative estimate of drug-likeness (QED) is 0.603. The average Bonchev–Trinajstić information content (AvgIpc) is 2.39. The van der Waals surface area contributed by atoms with E-state index in [0.29, 0.717) is 37.4 Å². The lowest BCUT2D eigenvalue weighted by Gasteiger charge is -2.22. The molecule has 6 nitrogen and oxygen atoms in total. The van der Waals surface area contributed by atoms with Crippen LogP contribution in [-0.4, -0.2) is 29.8 Å². The summed E-state index contributed by atoms with van der Waals surface area (Å²) in [5.41, 5.74) is 3.50. The van der Waals surface area contributed by atoms with Crippen LogP contribution in [0.15, 0.2) is 6.07 Å². The molecule has 0 aliphatic carbocycles. The van der Waals surface area contributed by atoms with E-state index in [1.54, 1.807) is 0 Å². The maximum Gasteiger partial charge on any atom is 0.162 e. The molecule has 1 unspecified atom stereocenters. The van der Waals surface area contributed by atoms with E-state index in [0.717, 1.165) is 5.69 Å². The molecule has 1 aliphatic rings. The maximum absolute atomic E-state index is 5.58. The van der Waals surface area contributed by atoms with Crippen molar-refractivity contribution in [3.05, 3.63) is 17.6 Å². The van der Waals surface area contributed by atoms with Gasteiger partial charge in [-0.3, -0.25) is 0 Å². The van der Waals surface area contributed by atoms with Crippen molar-refractivity contribution in [2.75, 3.05) is 25.2 Å². The minimum atomic E-state index is -0.199. The van der Waals surface area contributed by atoms with E-state index >= 15 is 0 Å². The number of nitrogen functional groups attached to an aromatic ring is 1. The Balaban J connectivity index is 2.28. The molecule has 17 heavy (non-hydrogen) atoms. The van der Waals surface area contributed by atoms with E-state index < -0.39 is 0 Å². The molecule has 1 aromatic rings. The summed E-state index contributed by atoms with van der Waals surface area (Å²) in [5, 5.41) is 0. The van der Waals surface area contributed by atoms with Crippen LogP contribution in [0.1, 0.15) is 37.4 Å². The summed E-state index contributed by atoms with van der Waals surface area (Å²) in [6.07, 6.45) is -0.199. The summed E-state index contributed by atoms with van der Waals surface area (Å²) in [6, 6.07) is 1.85. The van der Waals surface area contributed by atoms with Crippen LogP contribution >= 0.6 is 0 Å². The second kappa shape index (κ2) is 5.39.